The van der Waals surface area contributed by atoms with Gasteiger partial charge in [0.2, 0.25) is 5.91 Å². The number of amides is 1. The van der Waals surface area contributed by atoms with E-state index in [4.69, 9.17) is 10.5 Å². The van der Waals surface area contributed by atoms with E-state index in [2.05, 4.69) is 4.90 Å². The fourth-order valence-electron chi connectivity index (χ4n) is 3.98. The third-order valence-corrected chi connectivity index (χ3v) is 5.46. The van der Waals surface area contributed by atoms with Gasteiger partial charge in [0.15, 0.2) is 0 Å². The summed E-state index contributed by atoms with van der Waals surface area (Å²) < 4.78 is 5.93. The van der Waals surface area contributed by atoms with Crippen molar-refractivity contribution in [3.8, 4) is 16.9 Å². The normalized spacial score (nSPS) is 14.9. The molecule has 1 amide bonds. The van der Waals surface area contributed by atoms with Crippen molar-refractivity contribution in [2.24, 2.45) is 5.73 Å². The topological polar surface area (TPSA) is 55.6 Å². The minimum absolute atomic E-state index is 0.414. The highest BCUT2D eigenvalue weighted by molar-refractivity contribution is 6.09. The maximum absolute atomic E-state index is 12.0. The lowest BCUT2D eigenvalue weighted by Crippen LogP contribution is -2.33. The van der Waals surface area contributed by atoms with Crippen LogP contribution in [0.25, 0.3) is 21.9 Å². The Morgan fingerprint density at radius 1 is 0.929 bits per heavy atom. The van der Waals surface area contributed by atoms with Crippen molar-refractivity contribution in [1.29, 1.82) is 0 Å². The highest BCUT2D eigenvalue weighted by Crippen LogP contribution is 2.33. The van der Waals surface area contributed by atoms with Crippen molar-refractivity contribution in [3.63, 3.8) is 0 Å². The molecule has 1 aliphatic heterocycles. The van der Waals surface area contributed by atoms with Gasteiger partial charge in [0, 0.05) is 17.7 Å². The van der Waals surface area contributed by atoms with Gasteiger partial charge in [0.25, 0.3) is 0 Å². The van der Waals surface area contributed by atoms with Crippen molar-refractivity contribution in [2.45, 2.75) is 19.3 Å². The van der Waals surface area contributed by atoms with Crippen LogP contribution in [0.5, 0.6) is 5.75 Å². The molecular weight excluding hydrogens is 348 g/mol. The second kappa shape index (κ2) is 8.44. The standard InChI is InChI=1S/C24H26N2O2/c25-24(27)22-13-10-18-6-2-3-7-21(18)23(22)19-8-11-20(12-9-19)28-17-16-26-14-4-1-5-15-26/h2-3,6-13H,1,4-5,14-17H2,(H2,25,27). The number of likely N-dealkylation sites (tertiary alicyclic amines) is 1. The summed E-state index contributed by atoms with van der Waals surface area (Å²) in [5, 5.41) is 2.11. The average molecular weight is 374 g/mol. The van der Waals surface area contributed by atoms with Crippen molar-refractivity contribution in [2.75, 3.05) is 26.2 Å². The van der Waals surface area contributed by atoms with Gasteiger partial charge in [-0.15, -0.1) is 0 Å². The molecular formula is C24H26N2O2. The number of piperidine rings is 1. The average Bonchev–Trinajstić information content (AvgIpc) is 2.74. The number of hydrogen-bond acceptors (Lipinski definition) is 3. The van der Waals surface area contributed by atoms with Crippen molar-refractivity contribution in [1.82, 2.24) is 4.90 Å². The molecule has 0 aromatic heterocycles. The van der Waals surface area contributed by atoms with Crippen LogP contribution in [0.15, 0.2) is 60.7 Å². The summed E-state index contributed by atoms with van der Waals surface area (Å²) in [7, 11) is 0. The van der Waals surface area contributed by atoms with Crippen LogP contribution in [-0.4, -0.2) is 37.0 Å². The number of hydrogen-bond donors (Lipinski definition) is 1. The Morgan fingerprint density at radius 2 is 1.68 bits per heavy atom. The summed E-state index contributed by atoms with van der Waals surface area (Å²) in [6.07, 6.45) is 3.93. The van der Waals surface area contributed by atoms with Crippen LogP contribution in [0.1, 0.15) is 29.6 Å². The van der Waals surface area contributed by atoms with E-state index >= 15 is 0 Å². The minimum atomic E-state index is -0.414. The zero-order valence-corrected chi connectivity index (χ0v) is 16.1. The summed E-state index contributed by atoms with van der Waals surface area (Å²) in [6, 6.07) is 19.7. The van der Waals surface area contributed by atoms with Gasteiger partial charge in [-0.05, 0) is 60.5 Å². The Balaban J connectivity index is 1.53. The first kappa shape index (κ1) is 18.5. The summed E-state index contributed by atoms with van der Waals surface area (Å²) in [4.78, 5) is 14.5. The quantitative estimate of drug-likeness (QED) is 0.692. The van der Waals surface area contributed by atoms with Crippen LogP contribution in [0, 0.1) is 0 Å². The third-order valence-electron chi connectivity index (χ3n) is 5.46. The fraction of sp³-hybridized carbons (Fsp3) is 0.292. The van der Waals surface area contributed by atoms with Crippen LogP contribution in [0.4, 0.5) is 0 Å². The monoisotopic (exact) mass is 374 g/mol. The summed E-state index contributed by atoms with van der Waals surface area (Å²) in [5.41, 5.74) is 8.03. The number of benzene rings is 3. The molecule has 0 radical (unpaired) electrons. The van der Waals surface area contributed by atoms with Gasteiger partial charge >= 0.3 is 0 Å². The van der Waals surface area contributed by atoms with E-state index in [1.54, 1.807) is 0 Å². The minimum Gasteiger partial charge on any atom is -0.492 e. The molecule has 1 aliphatic rings. The van der Waals surface area contributed by atoms with Gasteiger partial charge in [0.05, 0.1) is 0 Å². The van der Waals surface area contributed by atoms with Crippen LogP contribution in [0.2, 0.25) is 0 Å². The van der Waals surface area contributed by atoms with Crippen LogP contribution in [-0.2, 0) is 0 Å². The van der Waals surface area contributed by atoms with Gasteiger partial charge < -0.3 is 10.5 Å². The second-order valence-electron chi connectivity index (χ2n) is 7.35. The Labute approximate surface area is 165 Å². The van der Waals surface area contributed by atoms with E-state index in [9.17, 15) is 4.79 Å². The Hall–Kier alpha value is -2.85. The van der Waals surface area contributed by atoms with Gasteiger partial charge in [-0.25, -0.2) is 0 Å². The molecule has 28 heavy (non-hydrogen) atoms. The highest BCUT2D eigenvalue weighted by atomic mass is 16.5. The first-order valence-electron chi connectivity index (χ1n) is 9.99. The number of ether oxygens (including phenoxy) is 1. The zero-order valence-electron chi connectivity index (χ0n) is 16.1. The summed E-state index contributed by atoms with van der Waals surface area (Å²) in [5.74, 6) is 0.434. The molecule has 3 aromatic rings. The van der Waals surface area contributed by atoms with E-state index in [1.807, 2.05) is 60.7 Å². The van der Waals surface area contributed by atoms with Crippen LogP contribution in [0.3, 0.4) is 0 Å². The molecule has 4 heteroatoms. The predicted octanol–water partition coefficient (Wildman–Crippen LogP) is 4.47. The van der Waals surface area contributed by atoms with E-state index < -0.39 is 5.91 Å². The van der Waals surface area contributed by atoms with Crippen molar-refractivity contribution >= 4 is 16.7 Å². The van der Waals surface area contributed by atoms with Crippen LogP contribution < -0.4 is 10.5 Å². The van der Waals surface area contributed by atoms with Gasteiger partial charge in [-0.3, -0.25) is 9.69 Å². The molecule has 144 valence electrons. The fourth-order valence-corrected chi connectivity index (χ4v) is 3.98. The number of primary amides is 1. The Kier molecular flexibility index (Phi) is 5.58. The SMILES string of the molecule is NC(=O)c1ccc2ccccc2c1-c1ccc(OCCN2CCCCC2)cc1. The highest BCUT2D eigenvalue weighted by Gasteiger charge is 2.14. The lowest BCUT2D eigenvalue weighted by molar-refractivity contribution is 0.100. The van der Waals surface area contributed by atoms with E-state index in [0.29, 0.717) is 12.2 Å². The van der Waals surface area contributed by atoms with Gasteiger partial charge in [0.1, 0.15) is 12.4 Å². The lowest BCUT2D eigenvalue weighted by atomic mass is 9.93. The van der Waals surface area contributed by atoms with Crippen LogP contribution >= 0.6 is 0 Å². The number of fused-ring (bicyclic) bond motifs is 1. The first-order valence-corrected chi connectivity index (χ1v) is 9.99. The zero-order chi connectivity index (χ0) is 19.3. The maximum Gasteiger partial charge on any atom is 0.249 e. The molecule has 4 nitrogen and oxygen atoms in total. The van der Waals surface area contributed by atoms with Gasteiger partial charge in [-0.1, -0.05) is 48.9 Å². The number of rotatable bonds is 6. The Bertz CT molecular complexity index is 960. The summed E-state index contributed by atoms with van der Waals surface area (Å²) in [6.45, 7) is 4.02. The predicted molar refractivity (Wildman–Crippen MR) is 114 cm³/mol. The second-order valence-corrected chi connectivity index (χ2v) is 7.35. The van der Waals surface area contributed by atoms with E-state index in [0.717, 1.165) is 34.2 Å². The number of carbonyl (C=O) groups is 1. The Morgan fingerprint density at radius 3 is 2.43 bits per heavy atom. The molecule has 0 atom stereocenters. The molecule has 2 N–H and O–H groups in total. The third kappa shape index (κ3) is 4.02. The molecule has 0 aliphatic carbocycles. The largest absolute Gasteiger partial charge is 0.492 e. The van der Waals surface area contributed by atoms with Crippen molar-refractivity contribution < 1.29 is 9.53 Å². The molecule has 1 fully saturated rings. The van der Waals surface area contributed by atoms with Gasteiger partial charge in [-0.2, -0.15) is 0 Å². The number of nitrogens with zero attached hydrogens (tertiary/aromatic N) is 1. The summed E-state index contributed by atoms with van der Waals surface area (Å²) >= 11 is 0. The molecule has 4 rings (SSSR count). The number of carbonyl (C=O) groups excluding carboxylic acids is 1. The first-order chi connectivity index (χ1) is 13.7. The smallest absolute Gasteiger partial charge is 0.249 e. The van der Waals surface area contributed by atoms with E-state index in [1.165, 1.54) is 32.4 Å². The van der Waals surface area contributed by atoms with Crippen molar-refractivity contribution in [3.05, 3.63) is 66.2 Å². The maximum atomic E-state index is 12.0. The molecule has 3 aromatic carbocycles. The van der Waals surface area contributed by atoms with E-state index in [-0.39, 0.29) is 0 Å². The molecule has 1 heterocycles. The number of nitrogens with two attached hydrogens (primary N) is 1. The molecule has 1 saturated heterocycles. The molecule has 0 saturated carbocycles. The lowest BCUT2D eigenvalue weighted by Gasteiger charge is -2.26. The molecule has 0 bridgehead atoms. The molecule has 0 unspecified atom stereocenters. The molecule has 0 spiro atoms.